The second-order valence-electron chi connectivity index (χ2n) is 11.1. The van der Waals surface area contributed by atoms with Gasteiger partial charge in [0, 0.05) is 75.3 Å². The first-order valence-electron chi connectivity index (χ1n) is 15.0. The van der Waals surface area contributed by atoms with E-state index < -0.39 is 12.5 Å². The zero-order valence-electron chi connectivity index (χ0n) is 25.0. The molecule has 0 aliphatic carbocycles. The van der Waals surface area contributed by atoms with Gasteiger partial charge in [0.2, 0.25) is 5.91 Å². The normalized spacial score (nSPS) is 17.3. The van der Waals surface area contributed by atoms with Crippen molar-refractivity contribution in [3.8, 4) is 17.0 Å². The van der Waals surface area contributed by atoms with Gasteiger partial charge < -0.3 is 25.0 Å². The fourth-order valence-electron chi connectivity index (χ4n) is 5.84. The lowest BCUT2D eigenvalue weighted by Gasteiger charge is -2.37. The SMILES string of the molecule is CSc1ccc(OC(F)F)c(-c2nn(CC(=O)N3CCN(CC4CCOCC4)CC3)cc2NC(=O)c2cnn3c2NCC=C3)c1. The van der Waals surface area contributed by atoms with Crippen LogP contribution in [0.4, 0.5) is 20.3 Å². The number of thioether (sulfide) groups is 1. The highest BCUT2D eigenvalue weighted by Gasteiger charge is 2.27. The standard InChI is InChI=1S/C30H36F2N8O4S/c1-45-21-3-4-25(44-30(31)32)22(15-21)27-24(35-29(42)23-16-34-40-8-2-7-33-28(23)40)18-39(36-27)19-26(41)38-11-9-37(10-12-38)17-20-5-13-43-14-6-20/h2-4,8,15-16,18,20,30,33H,5-7,9-14,17,19H2,1H3,(H,35,42). The lowest BCUT2D eigenvalue weighted by atomic mass is 9.99. The molecule has 12 nitrogen and oxygen atoms in total. The molecule has 45 heavy (non-hydrogen) atoms. The summed E-state index contributed by atoms with van der Waals surface area (Å²) in [6, 6.07) is 4.80. The minimum Gasteiger partial charge on any atom is -0.434 e. The van der Waals surface area contributed by atoms with Gasteiger partial charge in [0.1, 0.15) is 29.4 Å². The maximum atomic E-state index is 13.5. The van der Waals surface area contributed by atoms with Gasteiger partial charge in [0.15, 0.2) is 0 Å². The van der Waals surface area contributed by atoms with Gasteiger partial charge in [-0.1, -0.05) is 0 Å². The Kier molecular flexibility index (Phi) is 9.66. The van der Waals surface area contributed by atoms with Crippen LogP contribution in [0.5, 0.6) is 5.75 Å². The smallest absolute Gasteiger partial charge is 0.387 e. The number of alkyl halides is 2. The number of rotatable bonds is 10. The molecule has 2 aromatic heterocycles. The first-order chi connectivity index (χ1) is 21.9. The van der Waals surface area contributed by atoms with Crippen molar-refractivity contribution in [3.63, 3.8) is 0 Å². The van der Waals surface area contributed by atoms with Crippen LogP contribution in [0, 0.1) is 5.92 Å². The summed E-state index contributed by atoms with van der Waals surface area (Å²) in [6.45, 7) is 2.85. The quantitative estimate of drug-likeness (QED) is 0.319. The van der Waals surface area contributed by atoms with Crippen molar-refractivity contribution in [1.82, 2.24) is 29.4 Å². The van der Waals surface area contributed by atoms with Crippen molar-refractivity contribution < 1.29 is 27.8 Å². The van der Waals surface area contributed by atoms with Crippen LogP contribution in [-0.2, 0) is 16.1 Å². The Morgan fingerprint density at radius 1 is 1.20 bits per heavy atom. The van der Waals surface area contributed by atoms with Crippen LogP contribution in [0.2, 0.25) is 0 Å². The molecule has 2 fully saturated rings. The van der Waals surface area contributed by atoms with E-state index in [4.69, 9.17) is 9.47 Å². The minimum atomic E-state index is -3.06. The molecule has 3 aromatic rings. The zero-order valence-corrected chi connectivity index (χ0v) is 25.8. The summed E-state index contributed by atoms with van der Waals surface area (Å²) in [4.78, 5) is 31.9. The molecule has 0 bridgehead atoms. The average Bonchev–Trinajstić information content (AvgIpc) is 3.66. The number of halogens is 2. The Morgan fingerprint density at radius 2 is 2.00 bits per heavy atom. The monoisotopic (exact) mass is 642 g/mol. The molecule has 1 aromatic carbocycles. The maximum absolute atomic E-state index is 13.5. The lowest BCUT2D eigenvalue weighted by Crippen LogP contribution is -2.50. The van der Waals surface area contributed by atoms with Crippen molar-refractivity contribution in [3.05, 3.63) is 42.2 Å². The zero-order chi connectivity index (χ0) is 31.3. The third-order valence-corrected chi connectivity index (χ3v) is 8.95. The number of ether oxygens (including phenoxy) is 2. The molecule has 5 heterocycles. The lowest BCUT2D eigenvalue weighted by molar-refractivity contribution is -0.133. The van der Waals surface area contributed by atoms with Gasteiger partial charge in [-0.15, -0.1) is 11.8 Å². The van der Waals surface area contributed by atoms with Gasteiger partial charge >= 0.3 is 6.61 Å². The number of carbonyl (C=O) groups excluding carboxylic acids is 2. The highest BCUT2D eigenvalue weighted by atomic mass is 32.2. The number of carbonyl (C=O) groups is 2. The third-order valence-electron chi connectivity index (χ3n) is 8.22. The highest BCUT2D eigenvalue weighted by molar-refractivity contribution is 7.98. The summed E-state index contributed by atoms with van der Waals surface area (Å²) in [6.07, 6.45) is 10.6. The van der Waals surface area contributed by atoms with Crippen LogP contribution < -0.4 is 15.4 Å². The predicted octanol–water partition coefficient (Wildman–Crippen LogP) is 3.79. The molecule has 2 amide bonds. The van der Waals surface area contributed by atoms with Gasteiger partial charge in [-0.25, -0.2) is 4.68 Å². The molecule has 2 N–H and O–H groups in total. The van der Waals surface area contributed by atoms with Crippen LogP contribution in [0.1, 0.15) is 23.2 Å². The summed E-state index contributed by atoms with van der Waals surface area (Å²) in [5.74, 6) is 0.480. The molecule has 0 spiro atoms. The first kappa shape index (κ1) is 31.0. The van der Waals surface area contributed by atoms with Gasteiger partial charge in [0.25, 0.3) is 5.91 Å². The largest absolute Gasteiger partial charge is 0.434 e. The van der Waals surface area contributed by atoms with Crippen molar-refractivity contribution in [2.75, 3.05) is 69.4 Å². The fourth-order valence-corrected chi connectivity index (χ4v) is 6.28. The number of piperazine rings is 1. The molecular weight excluding hydrogens is 606 g/mol. The van der Waals surface area contributed by atoms with Crippen molar-refractivity contribution >= 4 is 41.3 Å². The number of anilines is 2. The van der Waals surface area contributed by atoms with E-state index in [2.05, 4.69) is 25.7 Å². The minimum absolute atomic E-state index is 0.0778. The number of fused-ring (bicyclic) bond motifs is 1. The van der Waals surface area contributed by atoms with Crippen LogP contribution in [0.3, 0.4) is 0 Å². The molecule has 0 saturated carbocycles. The van der Waals surface area contributed by atoms with E-state index in [1.807, 2.05) is 17.2 Å². The number of aromatic nitrogens is 4. The molecule has 3 aliphatic heterocycles. The third kappa shape index (κ3) is 7.31. The van der Waals surface area contributed by atoms with E-state index in [-0.39, 0.29) is 35.1 Å². The summed E-state index contributed by atoms with van der Waals surface area (Å²) in [5.41, 5.74) is 1.02. The Morgan fingerprint density at radius 3 is 2.76 bits per heavy atom. The van der Waals surface area contributed by atoms with E-state index in [1.165, 1.54) is 28.7 Å². The van der Waals surface area contributed by atoms with Crippen LogP contribution in [0.25, 0.3) is 17.5 Å². The second kappa shape index (κ2) is 14.0. The van der Waals surface area contributed by atoms with E-state index in [0.717, 1.165) is 50.6 Å². The Bertz CT molecular complexity index is 1550. The number of nitrogens with zero attached hydrogens (tertiary/aromatic N) is 6. The Balaban J connectivity index is 1.22. The molecular formula is C30H36F2N8O4S. The van der Waals surface area contributed by atoms with Gasteiger partial charge in [-0.05, 0) is 49.3 Å². The number of amides is 2. The van der Waals surface area contributed by atoms with E-state index >= 15 is 0 Å². The molecule has 3 aliphatic rings. The molecule has 0 unspecified atom stereocenters. The van der Waals surface area contributed by atoms with Gasteiger partial charge in [-0.2, -0.15) is 19.0 Å². The summed E-state index contributed by atoms with van der Waals surface area (Å²) in [5, 5.41) is 14.8. The van der Waals surface area contributed by atoms with Crippen molar-refractivity contribution in [2.45, 2.75) is 30.9 Å². The molecule has 240 valence electrons. The van der Waals surface area contributed by atoms with Crippen molar-refractivity contribution in [1.29, 1.82) is 0 Å². The molecule has 0 atom stereocenters. The molecule has 6 rings (SSSR count). The van der Waals surface area contributed by atoms with Crippen LogP contribution in [0.15, 0.2) is 41.6 Å². The Labute approximate surface area is 263 Å². The number of nitrogens with one attached hydrogen (secondary N) is 2. The van der Waals surface area contributed by atoms with Crippen molar-refractivity contribution in [2.24, 2.45) is 5.92 Å². The molecule has 15 heteroatoms. The van der Waals surface area contributed by atoms with E-state index in [1.54, 1.807) is 29.2 Å². The molecule has 0 radical (unpaired) electrons. The highest BCUT2D eigenvalue weighted by Crippen LogP contribution is 2.38. The maximum Gasteiger partial charge on any atom is 0.387 e. The van der Waals surface area contributed by atoms with Gasteiger partial charge in [-0.3, -0.25) is 19.2 Å². The number of hydrogen-bond acceptors (Lipinski definition) is 9. The summed E-state index contributed by atoms with van der Waals surface area (Å²) < 4.78 is 40.1. The number of hydrogen-bond donors (Lipinski definition) is 2. The van der Waals surface area contributed by atoms with Gasteiger partial charge in [0.05, 0.1) is 11.9 Å². The second-order valence-corrected chi connectivity index (χ2v) is 12.0. The van der Waals surface area contributed by atoms with E-state index in [9.17, 15) is 18.4 Å². The van der Waals surface area contributed by atoms with Crippen LogP contribution >= 0.6 is 11.8 Å². The molecule has 2 saturated heterocycles. The average molecular weight is 643 g/mol. The summed E-state index contributed by atoms with van der Waals surface area (Å²) in [7, 11) is 0. The number of benzene rings is 1. The van der Waals surface area contributed by atoms with E-state index in [0.29, 0.717) is 36.9 Å². The predicted molar refractivity (Wildman–Crippen MR) is 167 cm³/mol. The topological polar surface area (TPSA) is 119 Å². The summed E-state index contributed by atoms with van der Waals surface area (Å²) >= 11 is 1.42. The Hall–Kier alpha value is -3.95. The van der Waals surface area contributed by atoms with Crippen LogP contribution in [-0.4, -0.2) is 107 Å². The first-order valence-corrected chi connectivity index (χ1v) is 16.2. The fraction of sp³-hybridized carbons (Fsp3) is 0.467.